The van der Waals surface area contributed by atoms with Crippen LogP contribution in [0.4, 0.5) is 0 Å². The van der Waals surface area contributed by atoms with Crippen LogP contribution in [0.5, 0.6) is 0 Å². The van der Waals surface area contributed by atoms with Crippen molar-refractivity contribution in [1.82, 2.24) is 20.3 Å². The van der Waals surface area contributed by atoms with Gasteiger partial charge in [0.05, 0.1) is 5.69 Å². The van der Waals surface area contributed by atoms with E-state index in [1.54, 1.807) is 19.2 Å². The minimum atomic E-state index is -0.217. The Bertz CT molecular complexity index is 819. The molecule has 0 bridgehead atoms. The molecule has 2 heterocycles. The normalized spacial score (nSPS) is 20.1. The lowest BCUT2D eigenvalue weighted by molar-refractivity contribution is 0.0924. The van der Waals surface area contributed by atoms with Gasteiger partial charge in [0.25, 0.3) is 11.5 Å². The van der Waals surface area contributed by atoms with Gasteiger partial charge in [-0.25, -0.2) is 4.68 Å². The maximum atomic E-state index is 12.3. The van der Waals surface area contributed by atoms with E-state index in [9.17, 15) is 9.59 Å². The highest BCUT2D eigenvalue weighted by molar-refractivity contribution is 5.92. The number of carbonyl (C=O) groups is 1. The van der Waals surface area contributed by atoms with E-state index in [-0.39, 0.29) is 17.5 Å². The lowest BCUT2D eigenvalue weighted by Gasteiger charge is -2.24. The fourth-order valence-corrected chi connectivity index (χ4v) is 3.03. The van der Waals surface area contributed by atoms with Gasteiger partial charge in [-0.05, 0) is 37.7 Å². The first-order valence-electron chi connectivity index (χ1n) is 7.94. The van der Waals surface area contributed by atoms with Gasteiger partial charge in [0, 0.05) is 31.1 Å². The van der Waals surface area contributed by atoms with E-state index in [1.165, 1.54) is 4.68 Å². The summed E-state index contributed by atoms with van der Waals surface area (Å²) in [7, 11) is 1.65. The van der Waals surface area contributed by atoms with Crippen molar-refractivity contribution in [2.24, 2.45) is 7.05 Å². The molecule has 0 spiro atoms. The van der Waals surface area contributed by atoms with Crippen molar-refractivity contribution in [3.05, 3.63) is 45.2 Å². The molecule has 4 rings (SSSR count). The van der Waals surface area contributed by atoms with E-state index < -0.39 is 0 Å². The van der Waals surface area contributed by atoms with E-state index in [4.69, 9.17) is 4.52 Å². The Morgan fingerprint density at radius 1 is 1.35 bits per heavy atom. The maximum absolute atomic E-state index is 12.3. The second-order valence-corrected chi connectivity index (χ2v) is 6.38. The Hall–Kier alpha value is -2.44. The van der Waals surface area contributed by atoms with Crippen LogP contribution in [0.25, 0.3) is 0 Å². The summed E-state index contributed by atoms with van der Waals surface area (Å²) < 4.78 is 6.57. The average Bonchev–Trinajstić information content (AvgIpc) is 3.26. The van der Waals surface area contributed by atoms with E-state index in [0.29, 0.717) is 18.0 Å². The first-order valence-corrected chi connectivity index (χ1v) is 7.94. The number of aryl methyl sites for hydroxylation is 2. The van der Waals surface area contributed by atoms with Crippen molar-refractivity contribution in [3.63, 3.8) is 0 Å². The van der Waals surface area contributed by atoms with Crippen molar-refractivity contribution in [2.45, 2.75) is 44.1 Å². The predicted molar refractivity (Wildman–Crippen MR) is 81.2 cm³/mol. The van der Waals surface area contributed by atoms with Crippen molar-refractivity contribution >= 4 is 5.91 Å². The fraction of sp³-hybridized carbons (Fsp3) is 0.500. The van der Waals surface area contributed by atoms with Gasteiger partial charge in [0.1, 0.15) is 5.76 Å². The van der Waals surface area contributed by atoms with Crippen molar-refractivity contribution in [3.8, 4) is 0 Å². The molecule has 23 heavy (non-hydrogen) atoms. The molecule has 1 saturated carbocycles. The molecule has 2 aromatic heterocycles. The minimum Gasteiger partial charge on any atom is -0.360 e. The third kappa shape index (κ3) is 2.78. The summed E-state index contributed by atoms with van der Waals surface area (Å²) in [4.78, 5) is 24.0. The zero-order valence-corrected chi connectivity index (χ0v) is 12.9. The summed E-state index contributed by atoms with van der Waals surface area (Å²) in [5, 5.41) is 11.1. The van der Waals surface area contributed by atoms with Gasteiger partial charge < -0.3 is 9.84 Å². The van der Waals surface area contributed by atoms with Gasteiger partial charge in [-0.2, -0.15) is 5.10 Å². The predicted octanol–water partition coefficient (Wildman–Crippen LogP) is 0.933. The van der Waals surface area contributed by atoms with Gasteiger partial charge in [0.15, 0.2) is 5.69 Å². The number of rotatable bonds is 3. The van der Waals surface area contributed by atoms with Crippen LogP contribution in [-0.4, -0.2) is 26.9 Å². The second-order valence-electron chi connectivity index (χ2n) is 6.38. The molecule has 1 fully saturated rings. The summed E-state index contributed by atoms with van der Waals surface area (Å²) in [5.41, 5.74) is 2.07. The van der Waals surface area contributed by atoms with Crippen LogP contribution in [0.2, 0.25) is 0 Å². The van der Waals surface area contributed by atoms with E-state index in [0.717, 1.165) is 42.7 Å². The van der Waals surface area contributed by atoms with Crippen LogP contribution in [0.15, 0.2) is 21.5 Å². The highest BCUT2D eigenvalue weighted by Gasteiger charge is 2.29. The summed E-state index contributed by atoms with van der Waals surface area (Å²) in [6, 6.07) is 3.34. The summed E-state index contributed by atoms with van der Waals surface area (Å²) in [6.07, 6.45) is 4.39. The maximum Gasteiger partial charge on any atom is 0.273 e. The molecule has 0 radical (unpaired) electrons. The number of carbonyl (C=O) groups excluding carboxylic acids is 1. The highest BCUT2D eigenvalue weighted by atomic mass is 16.5. The zero-order chi connectivity index (χ0) is 16.0. The number of fused-ring (bicyclic) bond motifs is 1. The Balaban J connectivity index is 1.45. The number of nitrogens with one attached hydrogen (secondary N) is 1. The summed E-state index contributed by atoms with van der Waals surface area (Å²) in [5.74, 6) is 1.02. The van der Waals surface area contributed by atoms with E-state index in [2.05, 4.69) is 15.6 Å². The summed E-state index contributed by atoms with van der Waals surface area (Å²) >= 11 is 0. The van der Waals surface area contributed by atoms with Gasteiger partial charge in [0.2, 0.25) is 0 Å². The Morgan fingerprint density at radius 3 is 2.96 bits per heavy atom. The second kappa shape index (κ2) is 5.33. The number of hydrogen-bond acceptors (Lipinski definition) is 5. The quantitative estimate of drug-likeness (QED) is 0.910. The lowest BCUT2D eigenvalue weighted by atomic mass is 9.92. The van der Waals surface area contributed by atoms with Crippen LogP contribution in [0.3, 0.4) is 0 Å². The van der Waals surface area contributed by atoms with E-state index >= 15 is 0 Å². The van der Waals surface area contributed by atoms with Crippen molar-refractivity contribution in [2.75, 3.05) is 0 Å². The molecular weight excluding hydrogens is 296 g/mol. The van der Waals surface area contributed by atoms with Gasteiger partial charge >= 0.3 is 0 Å². The molecule has 120 valence electrons. The number of amides is 1. The number of nitrogens with zero attached hydrogens (tertiary/aromatic N) is 3. The van der Waals surface area contributed by atoms with Crippen LogP contribution < -0.4 is 10.9 Å². The van der Waals surface area contributed by atoms with Crippen LogP contribution >= 0.6 is 0 Å². The Morgan fingerprint density at radius 2 is 2.17 bits per heavy atom. The molecule has 0 aliphatic heterocycles. The van der Waals surface area contributed by atoms with Gasteiger partial charge in [-0.1, -0.05) is 5.16 Å². The van der Waals surface area contributed by atoms with E-state index in [1.807, 2.05) is 0 Å². The molecule has 2 aliphatic carbocycles. The molecule has 7 heteroatoms. The van der Waals surface area contributed by atoms with Crippen LogP contribution in [-0.2, 0) is 19.9 Å². The Labute approximate surface area is 132 Å². The average molecular weight is 314 g/mol. The van der Waals surface area contributed by atoms with Crippen molar-refractivity contribution in [1.29, 1.82) is 0 Å². The van der Waals surface area contributed by atoms with Crippen molar-refractivity contribution < 1.29 is 9.32 Å². The topological polar surface area (TPSA) is 90.0 Å². The molecule has 0 saturated heterocycles. The monoisotopic (exact) mass is 314 g/mol. The van der Waals surface area contributed by atoms with Crippen LogP contribution in [0, 0.1) is 0 Å². The molecule has 2 aliphatic rings. The van der Waals surface area contributed by atoms with Gasteiger partial charge in [-0.15, -0.1) is 0 Å². The molecule has 7 nitrogen and oxygen atoms in total. The smallest absolute Gasteiger partial charge is 0.273 e. The molecular formula is C16H18N4O3. The van der Waals surface area contributed by atoms with Gasteiger partial charge in [-0.3, -0.25) is 9.59 Å². The largest absolute Gasteiger partial charge is 0.360 e. The molecule has 1 N–H and O–H groups in total. The third-order valence-corrected chi connectivity index (χ3v) is 4.53. The first-order chi connectivity index (χ1) is 11.1. The number of hydrogen-bond donors (Lipinski definition) is 1. The molecule has 1 atom stereocenters. The Kier molecular flexibility index (Phi) is 3.28. The SMILES string of the molecule is Cn1nc2c(cc1=O)CC(NC(=O)c1cc(C3CC3)on1)CC2. The molecule has 0 aromatic carbocycles. The standard InChI is InChI=1S/C16H18N4O3/c1-20-15(21)7-10-6-11(4-5-12(10)18-20)17-16(22)13-8-14(23-19-13)9-2-3-9/h7-9,11H,2-6H2,1H3,(H,17,22). The lowest BCUT2D eigenvalue weighted by Crippen LogP contribution is -2.40. The molecule has 2 aromatic rings. The molecule has 1 amide bonds. The third-order valence-electron chi connectivity index (χ3n) is 4.53. The minimum absolute atomic E-state index is 0.00928. The van der Waals surface area contributed by atoms with Crippen LogP contribution in [0.1, 0.15) is 52.7 Å². The zero-order valence-electron chi connectivity index (χ0n) is 12.9. The number of aromatic nitrogens is 3. The highest BCUT2D eigenvalue weighted by Crippen LogP contribution is 2.40. The summed E-state index contributed by atoms with van der Waals surface area (Å²) in [6.45, 7) is 0. The first kappa shape index (κ1) is 14.2. The fourth-order valence-electron chi connectivity index (χ4n) is 3.03. The molecule has 1 unspecified atom stereocenters.